The number of nitro groups is 1. The van der Waals surface area contributed by atoms with Gasteiger partial charge in [0.15, 0.2) is 0 Å². The molecule has 0 spiro atoms. The van der Waals surface area contributed by atoms with Crippen molar-refractivity contribution in [1.82, 2.24) is 9.97 Å². The first-order chi connectivity index (χ1) is 12.6. The molecule has 0 amide bonds. The van der Waals surface area contributed by atoms with Crippen molar-refractivity contribution >= 4 is 28.7 Å². The molecule has 3 rings (SSSR count). The van der Waals surface area contributed by atoms with Crippen molar-refractivity contribution in [3.05, 3.63) is 76.6 Å². The summed E-state index contributed by atoms with van der Waals surface area (Å²) in [5, 5.41) is 14.8. The van der Waals surface area contributed by atoms with Crippen molar-refractivity contribution in [1.29, 1.82) is 0 Å². The van der Waals surface area contributed by atoms with E-state index in [1.807, 2.05) is 54.6 Å². The fraction of sp³-hybridized carbons (Fsp3) is 0.158. The molecule has 1 N–H and O–H groups in total. The average molecular weight is 349 g/mol. The fourth-order valence-electron chi connectivity index (χ4n) is 2.61. The highest BCUT2D eigenvalue weighted by atomic mass is 16.6. The molecule has 0 unspecified atom stereocenters. The van der Waals surface area contributed by atoms with Crippen LogP contribution in [0, 0.1) is 10.1 Å². The standard InChI is InChI=1S/C19H19N5O2/c1-3-14-9-11-15(12-10-14)22-18-17(24(25)26)19(21-13-20-18)23(2)16-7-5-4-6-8-16/h4-13H,3H2,1-2H3,(H,20,21,22). The van der Waals surface area contributed by atoms with Crippen molar-refractivity contribution in [2.75, 3.05) is 17.3 Å². The number of nitrogens with zero attached hydrogens (tertiary/aromatic N) is 4. The van der Waals surface area contributed by atoms with Gasteiger partial charge in [0.25, 0.3) is 0 Å². The number of aryl methyl sites for hydroxylation is 1. The van der Waals surface area contributed by atoms with E-state index >= 15 is 0 Å². The van der Waals surface area contributed by atoms with E-state index in [0.717, 1.165) is 17.8 Å². The van der Waals surface area contributed by atoms with E-state index in [0.29, 0.717) is 0 Å². The number of aromatic nitrogens is 2. The third-order valence-electron chi connectivity index (χ3n) is 4.07. The first-order valence-corrected chi connectivity index (χ1v) is 8.24. The molecule has 26 heavy (non-hydrogen) atoms. The maximum absolute atomic E-state index is 11.7. The summed E-state index contributed by atoms with van der Waals surface area (Å²) in [5.41, 5.74) is 2.56. The zero-order valence-corrected chi connectivity index (χ0v) is 14.6. The molecule has 0 saturated heterocycles. The summed E-state index contributed by atoms with van der Waals surface area (Å²) in [4.78, 5) is 21.2. The molecule has 3 aromatic rings. The maximum Gasteiger partial charge on any atom is 0.354 e. The monoisotopic (exact) mass is 349 g/mol. The molecular weight excluding hydrogens is 330 g/mol. The van der Waals surface area contributed by atoms with Gasteiger partial charge in [-0.3, -0.25) is 10.1 Å². The van der Waals surface area contributed by atoms with Gasteiger partial charge in [-0.25, -0.2) is 9.97 Å². The van der Waals surface area contributed by atoms with E-state index in [-0.39, 0.29) is 17.3 Å². The number of para-hydroxylation sites is 1. The van der Waals surface area contributed by atoms with Crippen LogP contribution in [-0.4, -0.2) is 21.9 Å². The van der Waals surface area contributed by atoms with Crippen LogP contribution in [0.25, 0.3) is 0 Å². The SMILES string of the molecule is CCc1ccc(Nc2ncnc(N(C)c3ccccc3)c2[N+](=O)[O-])cc1. The molecule has 0 bridgehead atoms. The molecular formula is C19H19N5O2. The second-order valence-corrected chi connectivity index (χ2v) is 5.72. The van der Waals surface area contributed by atoms with Crippen molar-refractivity contribution in [2.24, 2.45) is 0 Å². The van der Waals surface area contributed by atoms with Gasteiger partial charge >= 0.3 is 5.69 Å². The summed E-state index contributed by atoms with van der Waals surface area (Å²) < 4.78 is 0. The van der Waals surface area contributed by atoms with Crippen molar-refractivity contribution in [3.8, 4) is 0 Å². The highest BCUT2D eigenvalue weighted by Gasteiger charge is 2.26. The summed E-state index contributed by atoms with van der Waals surface area (Å²) in [5.74, 6) is 0.385. The van der Waals surface area contributed by atoms with Crippen LogP contribution in [0.4, 0.5) is 28.7 Å². The summed E-state index contributed by atoms with van der Waals surface area (Å²) in [6, 6.07) is 17.1. The predicted octanol–water partition coefficient (Wildman–Crippen LogP) is 4.46. The van der Waals surface area contributed by atoms with Crippen LogP contribution in [0.5, 0.6) is 0 Å². The Morgan fingerprint density at radius 2 is 1.77 bits per heavy atom. The normalized spacial score (nSPS) is 10.4. The van der Waals surface area contributed by atoms with Crippen LogP contribution >= 0.6 is 0 Å². The molecule has 1 aromatic heterocycles. The Hall–Kier alpha value is -3.48. The minimum Gasteiger partial charge on any atom is -0.334 e. The predicted molar refractivity (Wildman–Crippen MR) is 102 cm³/mol. The van der Waals surface area contributed by atoms with Crippen LogP contribution in [0.1, 0.15) is 12.5 Å². The lowest BCUT2D eigenvalue weighted by Gasteiger charge is -2.18. The lowest BCUT2D eigenvalue weighted by molar-refractivity contribution is -0.383. The van der Waals surface area contributed by atoms with Gasteiger partial charge in [-0.15, -0.1) is 0 Å². The third kappa shape index (κ3) is 3.61. The second kappa shape index (κ2) is 7.60. The van der Waals surface area contributed by atoms with E-state index < -0.39 is 4.92 Å². The Morgan fingerprint density at radius 3 is 2.38 bits per heavy atom. The van der Waals surface area contributed by atoms with Gasteiger partial charge in [0.2, 0.25) is 11.6 Å². The molecule has 2 aromatic carbocycles. The van der Waals surface area contributed by atoms with Crippen molar-refractivity contribution in [2.45, 2.75) is 13.3 Å². The van der Waals surface area contributed by atoms with Crippen LogP contribution in [0.3, 0.4) is 0 Å². The molecule has 0 atom stereocenters. The Morgan fingerprint density at radius 1 is 1.08 bits per heavy atom. The molecule has 7 nitrogen and oxygen atoms in total. The molecule has 0 fully saturated rings. The highest BCUT2D eigenvalue weighted by molar-refractivity contribution is 5.77. The number of hydrogen-bond acceptors (Lipinski definition) is 6. The highest BCUT2D eigenvalue weighted by Crippen LogP contribution is 2.35. The molecule has 1 heterocycles. The maximum atomic E-state index is 11.7. The molecule has 0 aliphatic carbocycles. The van der Waals surface area contributed by atoms with Gasteiger partial charge in [0.05, 0.1) is 4.92 Å². The van der Waals surface area contributed by atoms with E-state index in [1.165, 1.54) is 11.9 Å². The molecule has 0 aliphatic rings. The zero-order chi connectivity index (χ0) is 18.5. The number of benzene rings is 2. The lowest BCUT2D eigenvalue weighted by Crippen LogP contribution is -2.15. The van der Waals surface area contributed by atoms with Crippen molar-refractivity contribution < 1.29 is 4.92 Å². The summed E-state index contributed by atoms with van der Waals surface area (Å²) >= 11 is 0. The Kier molecular flexibility index (Phi) is 5.07. The largest absolute Gasteiger partial charge is 0.354 e. The second-order valence-electron chi connectivity index (χ2n) is 5.72. The van der Waals surface area contributed by atoms with Crippen LogP contribution in [0.2, 0.25) is 0 Å². The van der Waals surface area contributed by atoms with Crippen LogP contribution < -0.4 is 10.2 Å². The van der Waals surface area contributed by atoms with Crippen LogP contribution in [0.15, 0.2) is 60.9 Å². The Bertz CT molecular complexity index is 898. The molecule has 0 saturated carbocycles. The minimum atomic E-state index is -0.461. The van der Waals surface area contributed by atoms with Crippen molar-refractivity contribution in [3.63, 3.8) is 0 Å². The molecule has 0 aliphatic heterocycles. The molecule has 132 valence electrons. The lowest BCUT2D eigenvalue weighted by atomic mass is 10.1. The fourth-order valence-corrected chi connectivity index (χ4v) is 2.61. The minimum absolute atomic E-state index is 0.159. The van der Waals surface area contributed by atoms with Gasteiger partial charge in [-0.2, -0.15) is 0 Å². The Labute approximate surface area is 151 Å². The molecule has 0 radical (unpaired) electrons. The first kappa shape index (κ1) is 17.3. The number of nitrogens with one attached hydrogen (secondary N) is 1. The van der Waals surface area contributed by atoms with Gasteiger partial charge in [-0.05, 0) is 36.2 Å². The smallest absolute Gasteiger partial charge is 0.334 e. The third-order valence-corrected chi connectivity index (χ3v) is 4.07. The van der Waals surface area contributed by atoms with Gasteiger partial charge in [0, 0.05) is 18.4 Å². The quantitative estimate of drug-likeness (QED) is 0.522. The van der Waals surface area contributed by atoms with E-state index in [4.69, 9.17) is 0 Å². The first-order valence-electron chi connectivity index (χ1n) is 8.24. The average Bonchev–Trinajstić information content (AvgIpc) is 2.68. The zero-order valence-electron chi connectivity index (χ0n) is 14.6. The van der Waals surface area contributed by atoms with E-state index in [1.54, 1.807) is 11.9 Å². The number of hydrogen-bond donors (Lipinski definition) is 1. The summed E-state index contributed by atoms with van der Waals surface area (Å²) in [6.07, 6.45) is 2.25. The Balaban J connectivity index is 1.99. The number of anilines is 4. The van der Waals surface area contributed by atoms with Crippen LogP contribution in [-0.2, 0) is 6.42 Å². The number of rotatable bonds is 6. The topological polar surface area (TPSA) is 84.2 Å². The summed E-state index contributed by atoms with van der Waals surface area (Å²) in [6.45, 7) is 2.07. The van der Waals surface area contributed by atoms with E-state index in [9.17, 15) is 10.1 Å². The molecule has 7 heteroatoms. The summed E-state index contributed by atoms with van der Waals surface area (Å²) in [7, 11) is 1.74. The van der Waals surface area contributed by atoms with Gasteiger partial charge in [0.1, 0.15) is 6.33 Å². The van der Waals surface area contributed by atoms with Gasteiger partial charge < -0.3 is 10.2 Å². The van der Waals surface area contributed by atoms with Gasteiger partial charge in [-0.1, -0.05) is 37.3 Å². The van der Waals surface area contributed by atoms with E-state index in [2.05, 4.69) is 22.2 Å².